The molecule has 3 N–H and O–H groups in total. The summed E-state index contributed by atoms with van der Waals surface area (Å²) in [7, 11) is -0.882. The lowest BCUT2D eigenvalue weighted by Crippen LogP contribution is -2.48. The van der Waals surface area contributed by atoms with Gasteiger partial charge >= 0.3 is 0 Å². The van der Waals surface area contributed by atoms with E-state index >= 15 is 0 Å². The van der Waals surface area contributed by atoms with Crippen LogP contribution >= 0.6 is 0 Å². The molecule has 162 valence electrons. The Labute approximate surface area is 172 Å². The summed E-state index contributed by atoms with van der Waals surface area (Å²) in [6.45, 7) is 1.11. The van der Waals surface area contributed by atoms with Crippen molar-refractivity contribution in [2.75, 3.05) is 38.8 Å². The Balaban J connectivity index is 1.99. The van der Waals surface area contributed by atoms with Crippen LogP contribution in [0.25, 0.3) is 10.9 Å². The Kier molecular flexibility index (Phi) is 6.25. The predicted molar refractivity (Wildman–Crippen MR) is 106 cm³/mol. The molecule has 9 nitrogen and oxygen atoms in total. The number of rotatable bonds is 8. The number of fused-ring (bicyclic) bond motifs is 1. The first kappa shape index (κ1) is 21.9. The van der Waals surface area contributed by atoms with Gasteiger partial charge in [-0.25, -0.2) is 23.6 Å². The second-order valence-electron chi connectivity index (χ2n) is 6.86. The fourth-order valence-corrected chi connectivity index (χ4v) is 3.93. The highest BCUT2D eigenvalue weighted by atomic mass is 32.2. The molecule has 0 amide bonds. The van der Waals surface area contributed by atoms with Crippen LogP contribution in [0.15, 0.2) is 12.1 Å². The van der Waals surface area contributed by atoms with Crippen molar-refractivity contribution < 1.29 is 26.7 Å². The Hall–Kier alpha value is -2.75. The number of hydrogen-bond donors (Lipinski definition) is 2. The first-order chi connectivity index (χ1) is 14.2. The van der Waals surface area contributed by atoms with E-state index in [0.717, 1.165) is 0 Å². The van der Waals surface area contributed by atoms with Crippen LogP contribution in [-0.4, -0.2) is 47.3 Å². The number of ether oxygens (including phenoxy) is 2. The van der Waals surface area contributed by atoms with E-state index in [1.54, 1.807) is 6.07 Å². The quantitative estimate of drug-likeness (QED) is 0.637. The molecule has 0 bridgehead atoms. The van der Waals surface area contributed by atoms with Gasteiger partial charge in [0.1, 0.15) is 17.3 Å². The third-order valence-corrected chi connectivity index (χ3v) is 5.55. The molecular formula is C18H21F2N5O4S. The molecule has 1 aliphatic rings. The summed E-state index contributed by atoms with van der Waals surface area (Å²) in [5.74, 6) is 0.837. The van der Waals surface area contributed by atoms with Gasteiger partial charge in [0.05, 0.1) is 25.4 Å². The zero-order valence-electron chi connectivity index (χ0n) is 16.4. The fraction of sp³-hybridized carbons (Fsp3) is 0.444. The average Bonchev–Trinajstić information content (AvgIpc) is 2.66. The molecule has 0 saturated carbocycles. The molecule has 0 spiro atoms. The number of pyridine rings is 1. The zero-order valence-corrected chi connectivity index (χ0v) is 17.2. The van der Waals surface area contributed by atoms with E-state index in [2.05, 4.69) is 9.71 Å². The van der Waals surface area contributed by atoms with Gasteiger partial charge in [0.15, 0.2) is 11.5 Å². The van der Waals surface area contributed by atoms with Crippen LogP contribution in [0.4, 0.5) is 14.5 Å². The van der Waals surface area contributed by atoms with Gasteiger partial charge in [-0.15, -0.1) is 0 Å². The van der Waals surface area contributed by atoms with Gasteiger partial charge in [0, 0.05) is 31.1 Å². The lowest BCUT2D eigenvalue weighted by molar-refractivity contribution is 0.146. The topological polar surface area (TPSA) is 131 Å². The van der Waals surface area contributed by atoms with Crippen LogP contribution in [0.2, 0.25) is 0 Å². The summed E-state index contributed by atoms with van der Waals surface area (Å²) in [6, 6.07) is 4.98. The van der Waals surface area contributed by atoms with Crippen molar-refractivity contribution in [3.05, 3.63) is 23.4 Å². The third kappa shape index (κ3) is 4.38. The lowest BCUT2D eigenvalue weighted by Gasteiger charge is -2.42. The molecule has 12 heteroatoms. The number of nitriles is 1. The molecule has 3 rings (SSSR count). The van der Waals surface area contributed by atoms with Crippen molar-refractivity contribution in [3.63, 3.8) is 0 Å². The predicted octanol–water partition coefficient (Wildman–Crippen LogP) is 1.68. The van der Waals surface area contributed by atoms with Crippen LogP contribution in [0.3, 0.4) is 0 Å². The second-order valence-corrected chi connectivity index (χ2v) is 8.24. The molecule has 0 atom stereocenters. The van der Waals surface area contributed by atoms with E-state index in [-0.39, 0.29) is 23.5 Å². The fourth-order valence-electron chi connectivity index (χ4n) is 3.53. The molecule has 1 saturated heterocycles. The standard InChI is InChI=1S/C18H21F2N5O4S/c1-28-14-5-11-13(6-15(14)29-2)24-16(18(19)20)12(7-21)17(11)25-8-10(9-25)3-4-23-30(22,26)27/h5-6,10,18,23H,3-4,8-9H2,1-2H3,(H2,22,26,27). The Morgan fingerprint density at radius 1 is 1.33 bits per heavy atom. The minimum atomic E-state index is -3.76. The maximum Gasteiger partial charge on any atom is 0.281 e. The number of halogens is 2. The van der Waals surface area contributed by atoms with E-state index in [4.69, 9.17) is 14.6 Å². The van der Waals surface area contributed by atoms with Crippen LogP contribution in [-0.2, 0) is 10.2 Å². The normalized spacial score (nSPS) is 14.6. The zero-order chi connectivity index (χ0) is 22.1. The third-order valence-electron chi connectivity index (χ3n) is 4.94. The summed E-state index contributed by atoms with van der Waals surface area (Å²) < 4.78 is 62.0. The molecule has 30 heavy (non-hydrogen) atoms. The van der Waals surface area contributed by atoms with E-state index in [0.29, 0.717) is 42.1 Å². The molecule has 0 unspecified atom stereocenters. The molecule has 2 aromatic rings. The summed E-state index contributed by atoms with van der Waals surface area (Å²) in [5, 5.41) is 15.0. The van der Waals surface area contributed by atoms with E-state index in [1.165, 1.54) is 20.3 Å². The maximum atomic E-state index is 13.6. The number of alkyl halides is 2. The second kappa shape index (κ2) is 8.55. The summed E-state index contributed by atoms with van der Waals surface area (Å²) in [4.78, 5) is 5.81. The van der Waals surface area contributed by atoms with Gasteiger partial charge < -0.3 is 14.4 Å². The SMILES string of the molecule is COc1cc2nc(C(F)F)c(C#N)c(N3CC(CCNS(N)(=O)=O)C3)c2cc1OC. The van der Waals surface area contributed by atoms with Crippen molar-refractivity contribution in [1.29, 1.82) is 5.26 Å². The van der Waals surface area contributed by atoms with Crippen molar-refractivity contribution >= 4 is 26.8 Å². The molecule has 0 radical (unpaired) electrons. The van der Waals surface area contributed by atoms with Crippen LogP contribution in [0, 0.1) is 17.2 Å². The number of methoxy groups -OCH3 is 2. The van der Waals surface area contributed by atoms with Crippen molar-refractivity contribution in [1.82, 2.24) is 9.71 Å². The number of anilines is 1. The van der Waals surface area contributed by atoms with Crippen LogP contribution in [0.1, 0.15) is 24.1 Å². The smallest absolute Gasteiger partial charge is 0.281 e. The number of nitrogens with one attached hydrogen (secondary N) is 1. The number of hydrogen-bond acceptors (Lipinski definition) is 7. The van der Waals surface area contributed by atoms with Crippen molar-refractivity contribution in [3.8, 4) is 17.6 Å². The molecule has 1 aromatic heterocycles. The van der Waals surface area contributed by atoms with Crippen molar-refractivity contribution in [2.45, 2.75) is 12.8 Å². The Morgan fingerprint density at radius 2 is 1.97 bits per heavy atom. The largest absolute Gasteiger partial charge is 0.493 e. The highest BCUT2D eigenvalue weighted by molar-refractivity contribution is 7.87. The monoisotopic (exact) mass is 441 g/mol. The molecular weight excluding hydrogens is 420 g/mol. The maximum absolute atomic E-state index is 13.6. The highest BCUT2D eigenvalue weighted by Gasteiger charge is 2.33. The van der Waals surface area contributed by atoms with Gasteiger partial charge in [-0.3, -0.25) is 0 Å². The molecule has 1 fully saturated rings. The first-order valence-electron chi connectivity index (χ1n) is 8.98. The number of nitrogens with two attached hydrogens (primary N) is 1. The Bertz CT molecular complexity index is 1100. The average molecular weight is 441 g/mol. The molecule has 1 aliphatic heterocycles. The van der Waals surface area contributed by atoms with Crippen molar-refractivity contribution in [2.24, 2.45) is 11.1 Å². The number of aromatic nitrogens is 1. The van der Waals surface area contributed by atoms with Gasteiger partial charge in [-0.1, -0.05) is 0 Å². The van der Waals surface area contributed by atoms with E-state index < -0.39 is 22.3 Å². The molecule has 0 aliphatic carbocycles. The minimum Gasteiger partial charge on any atom is -0.493 e. The number of nitrogens with zero attached hydrogens (tertiary/aromatic N) is 3. The summed E-state index contributed by atoms with van der Waals surface area (Å²) in [6.07, 6.45) is -2.40. The minimum absolute atomic E-state index is 0.115. The summed E-state index contributed by atoms with van der Waals surface area (Å²) >= 11 is 0. The van der Waals surface area contributed by atoms with Gasteiger partial charge in [-0.05, 0) is 18.4 Å². The molecule has 2 heterocycles. The Morgan fingerprint density at radius 3 is 2.50 bits per heavy atom. The van der Waals surface area contributed by atoms with E-state index in [1.807, 2.05) is 11.0 Å². The van der Waals surface area contributed by atoms with Crippen LogP contribution < -0.4 is 24.2 Å². The highest BCUT2D eigenvalue weighted by Crippen LogP contribution is 2.42. The van der Waals surface area contributed by atoms with Gasteiger partial charge in [0.2, 0.25) is 0 Å². The van der Waals surface area contributed by atoms with Gasteiger partial charge in [0.25, 0.3) is 16.6 Å². The van der Waals surface area contributed by atoms with Crippen LogP contribution in [0.5, 0.6) is 11.5 Å². The molecule has 1 aromatic carbocycles. The first-order valence-corrected chi connectivity index (χ1v) is 10.5. The van der Waals surface area contributed by atoms with E-state index in [9.17, 15) is 22.5 Å². The lowest BCUT2D eigenvalue weighted by atomic mass is 9.93. The summed E-state index contributed by atoms with van der Waals surface area (Å²) in [5.41, 5.74) is -0.164. The van der Waals surface area contributed by atoms with Gasteiger partial charge in [-0.2, -0.15) is 13.7 Å². The number of benzene rings is 1.